The Kier molecular flexibility index (Phi) is 5.69. The van der Waals surface area contributed by atoms with Crippen LogP contribution in [-0.4, -0.2) is 54.6 Å². The van der Waals surface area contributed by atoms with E-state index in [1.54, 1.807) is 0 Å². The molecule has 2 unspecified atom stereocenters. The van der Waals surface area contributed by atoms with Crippen LogP contribution in [0.5, 0.6) is 0 Å². The second-order valence-corrected chi connectivity index (χ2v) is 4.43. The number of aliphatic hydroxyl groups excluding tert-OH is 1. The van der Waals surface area contributed by atoms with Gasteiger partial charge in [0.2, 0.25) is 0 Å². The van der Waals surface area contributed by atoms with E-state index in [1.807, 2.05) is 6.92 Å². The van der Waals surface area contributed by atoms with Crippen molar-refractivity contribution in [3.8, 4) is 0 Å². The Bertz CT molecular complexity index is 221. The van der Waals surface area contributed by atoms with Gasteiger partial charge in [-0.3, -0.25) is 4.90 Å². The van der Waals surface area contributed by atoms with Crippen LogP contribution in [0.2, 0.25) is 0 Å². The molecule has 0 amide bonds. The van der Waals surface area contributed by atoms with Crippen LogP contribution in [-0.2, 0) is 4.74 Å². The minimum atomic E-state index is -4.21. The molecule has 0 radical (unpaired) electrons. The highest BCUT2D eigenvalue weighted by atomic mass is 19.4. The lowest BCUT2D eigenvalue weighted by atomic mass is 10.1. The van der Waals surface area contributed by atoms with Crippen molar-refractivity contribution in [2.24, 2.45) is 0 Å². The minimum absolute atomic E-state index is 0.284. The quantitative estimate of drug-likeness (QED) is 0.813. The number of morpholine rings is 1. The average molecular weight is 255 g/mol. The molecule has 1 heterocycles. The normalized spacial score (nSPS) is 24.9. The number of nitrogens with zero attached hydrogens (tertiary/aromatic N) is 1. The van der Waals surface area contributed by atoms with Crippen LogP contribution in [0.1, 0.15) is 26.2 Å². The van der Waals surface area contributed by atoms with E-state index in [1.165, 1.54) is 0 Å². The van der Waals surface area contributed by atoms with Crippen molar-refractivity contribution >= 4 is 0 Å². The van der Waals surface area contributed by atoms with Gasteiger partial charge in [0.05, 0.1) is 18.8 Å². The predicted molar refractivity (Wildman–Crippen MR) is 57.8 cm³/mol. The molecule has 2 atom stereocenters. The van der Waals surface area contributed by atoms with Crippen molar-refractivity contribution in [2.75, 3.05) is 26.2 Å². The second-order valence-electron chi connectivity index (χ2n) is 4.43. The summed E-state index contributed by atoms with van der Waals surface area (Å²) in [6.07, 6.45) is -5.98. The molecule has 0 aliphatic carbocycles. The van der Waals surface area contributed by atoms with Gasteiger partial charge >= 0.3 is 6.18 Å². The summed E-state index contributed by atoms with van der Waals surface area (Å²) in [6, 6.07) is 0. The lowest BCUT2D eigenvalue weighted by Gasteiger charge is -2.35. The zero-order valence-corrected chi connectivity index (χ0v) is 10.0. The fourth-order valence-electron chi connectivity index (χ4n) is 1.98. The largest absolute Gasteiger partial charge is 0.390 e. The summed E-state index contributed by atoms with van der Waals surface area (Å²) in [5, 5.41) is 9.67. The molecule has 6 heteroatoms. The van der Waals surface area contributed by atoms with Crippen LogP contribution >= 0.6 is 0 Å². The zero-order chi connectivity index (χ0) is 12.9. The van der Waals surface area contributed by atoms with Crippen LogP contribution in [0.25, 0.3) is 0 Å². The highest BCUT2D eigenvalue weighted by Crippen LogP contribution is 2.24. The van der Waals surface area contributed by atoms with E-state index in [9.17, 15) is 18.3 Å². The molecule has 3 nitrogen and oxygen atoms in total. The Labute approximate surface area is 99.5 Å². The SMILES string of the molecule is CCCN1CCOC(C(O)CCC(F)(F)F)C1. The average Bonchev–Trinajstić information content (AvgIpc) is 2.26. The molecular formula is C11H20F3NO2. The van der Waals surface area contributed by atoms with Gasteiger partial charge in [0.25, 0.3) is 0 Å². The van der Waals surface area contributed by atoms with Gasteiger partial charge < -0.3 is 9.84 Å². The number of hydrogen-bond acceptors (Lipinski definition) is 3. The van der Waals surface area contributed by atoms with Crippen molar-refractivity contribution in [1.82, 2.24) is 4.90 Å². The Hall–Kier alpha value is -0.330. The molecule has 0 aromatic heterocycles. The molecule has 1 N–H and O–H groups in total. The summed E-state index contributed by atoms with van der Waals surface area (Å²) < 4.78 is 41.4. The third-order valence-electron chi connectivity index (χ3n) is 2.87. The molecular weight excluding hydrogens is 235 g/mol. The van der Waals surface area contributed by atoms with E-state index in [0.29, 0.717) is 13.2 Å². The third-order valence-corrected chi connectivity index (χ3v) is 2.87. The molecule has 1 aliphatic rings. The summed E-state index contributed by atoms with van der Waals surface area (Å²) in [5.41, 5.74) is 0. The van der Waals surface area contributed by atoms with Gasteiger partial charge in [0.1, 0.15) is 0 Å². The smallest absolute Gasteiger partial charge is 0.389 e. The summed E-state index contributed by atoms with van der Waals surface area (Å²) in [4.78, 5) is 2.12. The number of rotatable bonds is 5. The van der Waals surface area contributed by atoms with Gasteiger partial charge in [-0.2, -0.15) is 13.2 Å². The van der Waals surface area contributed by atoms with Crippen LogP contribution in [0, 0.1) is 0 Å². The fourth-order valence-corrected chi connectivity index (χ4v) is 1.98. The number of hydrogen-bond donors (Lipinski definition) is 1. The third kappa shape index (κ3) is 5.70. The standard InChI is InChI=1S/C11H20F3NO2/c1-2-5-15-6-7-17-10(8-15)9(16)3-4-11(12,13)14/h9-10,16H,2-8H2,1H3. The van der Waals surface area contributed by atoms with E-state index in [2.05, 4.69) is 4.90 Å². The van der Waals surface area contributed by atoms with Gasteiger partial charge in [0, 0.05) is 19.5 Å². The maximum Gasteiger partial charge on any atom is 0.389 e. The zero-order valence-electron chi connectivity index (χ0n) is 10.0. The van der Waals surface area contributed by atoms with Gasteiger partial charge in [-0.1, -0.05) is 6.92 Å². The van der Waals surface area contributed by atoms with E-state index < -0.39 is 24.8 Å². The number of alkyl halides is 3. The lowest BCUT2D eigenvalue weighted by Crippen LogP contribution is -2.48. The summed E-state index contributed by atoms with van der Waals surface area (Å²) >= 11 is 0. The Morgan fingerprint density at radius 2 is 2.18 bits per heavy atom. The Morgan fingerprint density at radius 3 is 2.76 bits per heavy atom. The monoisotopic (exact) mass is 255 g/mol. The summed E-state index contributed by atoms with van der Waals surface area (Å²) in [6.45, 7) is 4.73. The van der Waals surface area contributed by atoms with Gasteiger partial charge in [-0.25, -0.2) is 0 Å². The molecule has 0 aromatic carbocycles. The first-order valence-corrected chi connectivity index (χ1v) is 6.01. The van der Waals surface area contributed by atoms with E-state index in [0.717, 1.165) is 19.5 Å². The maximum absolute atomic E-state index is 12.0. The van der Waals surface area contributed by atoms with Crippen LogP contribution in [0.15, 0.2) is 0 Å². The number of ether oxygens (including phenoxy) is 1. The lowest BCUT2D eigenvalue weighted by molar-refractivity contribution is -0.149. The molecule has 1 rings (SSSR count). The van der Waals surface area contributed by atoms with Crippen molar-refractivity contribution in [1.29, 1.82) is 0 Å². The molecule has 1 fully saturated rings. The summed E-state index contributed by atoms with van der Waals surface area (Å²) in [7, 11) is 0. The molecule has 102 valence electrons. The van der Waals surface area contributed by atoms with Crippen LogP contribution in [0.3, 0.4) is 0 Å². The second kappa shape index (κ2) is 6.56. The highest BCUT2D eigenvalue weighted by Gasteiger charge is 2.32. The topological polar surface area (TPSA) is 32.7 Å². The Balaban J connectivity index is 2.33. The molecule has 17 heavy (non-hydrogen) atoms. The maximum atomic E-state index is 12.0. The van der Waals surface area contributed by atoms with E-state index in [4.69, 9.17) is 4.74 Å². The first-order chi connectivity index (χ1) is 7.92. The van der Waals surface area contributed by atoms with Gasteiger partial charge in [-0.15, -0.1) is 0 Å². The van der Waals surface area contributed by atoms with Crippen LogP contribution in [0.4, 0.5) is 13.2 Å². The van der Waals surface area contributed by atoms with Crippen molar-refractivity contribution in [3.05, 3.63) is 0 Å². The molecule has 1 saturated heterocycles. The predicted octanol–water partition coefficient (Wildman–Crippen LogP) is 1.80. The first kappa shape index (κ1) is 14.7. The highest BCUT2D eigenvalue weighted by molar-refractivity contribution is 4.78. The number of aliphatic hydroxyl groups is 1. The van der Waals surface area contributed by atoms with Crippen molar-refractivity contribution < 1.29 is 23.0 Å². The molecule has 0 bridgehead atoms. The van der Waals surface area contributed by atoms with E-state index >= 15 is 0 Å². The number of halogens is 3. The first-order valence-electron chi connectivity index (χ1n) is 6.01. The minimum Gasteiger partial charge on any atom is -0.390 e. The van der Waals surface area contributed by atoms with Gasteiger partial charge in [-0.05, 0) is 19.4 Å². The van der Waals surface area contributed by atoms with Gasteiger partial charge in [0.15, 0.2) is 0 Å². The molecule has 0 saturated carbocycles. The molecule has 0 spiro atoms. The Morgan fingerprint density at radius 1 is 1.47 bits per heavy atom. The van der Waals surface area contributed by atoms with E-state index in [-0.39, 0.29) is 6.42 Å². The van der Waals surface area contributed by atoms with Crippen LogP contribution < -0.4 is 0 Å². The fraction of sp³-hybridized carbons (Fsp3) is 1.00. The molecule has 1 aliphatic heterocycles. The summed E-state index contributed by atoms with van der Waals surface area (Å²) in [5.74, 6) is 0. The van der Waals surface area contributed by atoms with Crippen molar-refractivity contribution in [3.63, 3.8) is 0 Å². The molecule has 0 aromatic rings. The van der Waals surface area contributed by atoms with Crippen molar-refractivity contribution in [2.45, 2.75) is 44.6 Å².